The SMILES string of the molecule is Fc1ccc(OCCBr)c(C(F)(F)F)c1. The lowest BCUT2D eigenvalue weighted by Gasteiger charge is -2.13. The molecule has 0 aliphatic carbocycles. The van der Waals surface area contributed by atoms with Crippen LogP contribution in [0.15, 0.2) is 18.2 Å². The molecule has 0 saturated carbocycles. The first-order chi connectivity index (χ1) is 6.95. The monoisotopic (exact) mass is 286 g/mol. The van der Waals surface area contributed by atoms with Crippen molar-refractivity contribution in [2.24, 2.45) is 0 Å². The molecule has 0 spiro atoms. The molecule has 1 aromatic carbocycles. The molecular formula is C9H7BrF4O. The Labute approximate surface area is 92.2 Å². The number of benzene rings is 1. The molecule has 0 unspecified atom stereocenters. The van der Waals surface area contributed by atoms with Crippen LogP contribution < -0.4 is 4.74 Å². The van der Waals surface area contributed by atoms with Gasteiger partial charge in [-0.1, -0.05) is 15.9 Å². The first-order valence-corrected chi connectivity index (χ1v) is 5.13. The first-order valence-electron chi connectivity index (χ1n) is 4.00. The van der Waals surface area contributed by atoms with Crippen LogP contribution in [-0.2, 0) is 6.18 Å². The van der Waals surface area contributed by atoms with Crippen molar-refractivity contribution in [3.8, 4) is 5.75 Å². The van der Waals surface area contributed by atoms with Gasteiger partial charge in [0.25, 0.3) is 0 Å². The van der Waals surface area contributed by atoms with Crippen LogP contribution in [0.25, 0.3) is 0 Å². The van der Waals surface area contributed by atoms with Gasteiger partial charge in [0.1, 0.15) is 17.1 Å². The van der Waals surface area contributed by atoms with E-state index in [0.29, 0.717) is 11.4 Å². The highest BCUT2D eigenvalue weighted by Gasteiger charge is 2.34. The maximum atomic E-state index is 12.6. The van der Waals surface area contributed by atoms with E-state index < -0.39 is 17.6 Å². The zero-order valence-corrected chi connectivity index (χ0v) is 9.03. The van der Waals surface area contributed by atoms with Gasteiger partial charge in [0.05, 0.1) is 6.61 Å². The van der Waals surface area contributed by atoms with Crippen LogP contribution in [-0.4, -0.2) is 11.9 Å². The number of hydrogen-bond acceptors (Lipinski definition) is 1. The molecule has 0 fully saturated rings. The van der Waals surface area contributed by atoms with E-state index in [9.17, 15) is 17.6 Å². The van der Waals surface area contributed by atoms with Gasteiger partial charge in [-0.2, -0.15) is 13.2 Å². The number of halogens is 5. The van der Waals surface area contributed by atoms with Crippen LogP contribution in [0.1, 0.15) is 5.56 Å². The maximum absolute atomic E-state index is 12.6. The second-order valence-corrected chi connectivity index (χ2v) is 3.47. The molecule has 0 aliphatic rings. The number of ether oxygens (including phenoxy) is 1. The summed E-state index contributed by atoms with van der Waals surface area (Å²) in [6.07, 6.45) is -4.61. The maximum Gasteiger partial charge on any atom is 0.420 e. The first kappa shape index (κ1) is 12.3. The molecule has 15 heavy (non-hydrogen) atoms. The largest absolute Gasteiger partial charge is 0.492 e. The minimum atomic E-state index is -4.61. The quantitative estimate of drug-likeness (QED) is 0.609. The Morgan fingerprint density at radius 1 is 1.27 bits per heavy atom. The third-order valence-electron chi connectivity index (χ3n) is 1.58. The molecule has 0 aromatic heterocycles. The summed E-state index contributed by atoms with van der Waals surface area (Å²) in [5, 5.41) is 0.404. The lowest BCUT2D eigenvalue weighted by atomic mass is 10.2. The van der Waals surface area contributed by atoms with Gasteiger partial charge in [-0.05, 0) is 18.2 Å². The molecular weight excluding hydrogens is 280 g/mol. The van der Waals surface area contributed by atoms with Crippen LogP contribution in [0, 0.1) is 5.82 Å². The molecule has 84 valence electrons. The minimum Gasteiger partial charge on any atom is -0.492 e. The number of alkyl halides is 4. The topological polar surface area (TPSA) is 9.23 Å². The molecule has 0 radical (unpaired) electrons. The number of hydrogen-bond donors (Lipinski definition) is 0. The van der Waals surface area contributed by atoms with E-state index in [2.05, 4.69) is 15.9 Å². The Balaban J connectivity index is 3.04. The summed E-state index contributed by atoms with van der Waals surface area (Å²) >= 11 is 3.02. The molecule has 0 amide bonds. The second kappa shape index (κ2) is 4.83. The van der Waals surface area contributed by atoms with Crippen molar-refractivity contribution in [2.45, 2.75) is 6.18 Å². The highest BCUT2D eigenvalue weighted by molar-refractivity contribution is 9.09. The Hall–Kier alpha value is -0.780. The molecule has 0 atom stereocenters. The van der Waals surface area contributed by atoms with Crippen LogP contribution in [0.5, 0.6) is 5.75 Å². The van der Waals surface area contributed by atoms with Crippen LogP contribution in [0.4, 0.5) is 17.6 Å². The summed E-state index contributed by atoms with van der Waals surface area (Å²) in [5.74, 6) is -1.29. The van der Waals surface area contributed by atoms with Crippen molar-refractivity contribution in [2.75, 3.05) is 11.9 Å². The lowest BCUT2D eigenvalue weighted by Crippen LogP contribution is -2.10. The summed E-state index contributed by atoms with van der Waals surface area (Å²) in [6, 6.07) is 2.32. The fraction of sp³-hybridized carbons (Fsp3) is 0.333. The normalized spacial score (nSPS) is 11.5. The molecule has 1 aromatic rings. The highest BCUT2D eigenvalue weighted by atomic mass is 79.9. The second-order valence-electron chi connectivity index (χ2n) is 2.68. The van der Waals surface area contributed by atoms with Gasteiger partial charge in [-0.3, -0.25) is 0 Å². The van der Waals surface area contributed by atoms with Crippen molar-refractivity contribution in [3.05, 3.63) is 29.6 Å². The van der Waals surface area contributed by atoms with E-state index in [1.165, 1.54) is 0 Å². The van der Waals surface area contributed by atoms with Gasteiger partial charge in [0, 0.05) is 5.33 Å². The summed E-state index contributed by atoms with van der Waals surface area (Å²) in [5.41, 5.74) is -1.09. The Kier molecular flexibility index (Phi) is 3.96. The van der Waals surface area contributed by atoms with Gasteiger partial charge in [-0.25, -0.2) is 4.39 Å². The highest BCUT2D eigenvalue weighted by Crippen LogP contribution is 2.36. The Bertz CT molecular complexity index is 337. The van der Waals surface area contributed by atoms with Crippen molar-refractivity contribution < 1.29 is 22.3 Å². The van der Waals surface area contributed by atoms with Crippen molar-refractivity contribution >= 4 is 15.9 Å². The Morgan fingerprint density at radius 2 is 1.93 bits per heavy atom. The fourth-order valence-electron chi connectivity index (χ4n) is 0.998. The molecule has 0 heterocycles. The third-order valence-corrected chi connectivity index (χ3v) is 1.91. The molecule has 0 aliphatic heterocycles. The summed E-state index contributed by atoms with van der Waals surface area (Å²) in [6.45, 7) is 0.0920. The van der Waals surface area contributed by atoms with E-state index in [1.807, 2.05) is 0 Å². The van der Waals surface area contributed by atoms with Crippen LogP contribution in [0.3, 0.4) is 0 Å². The van der Waals surface area contributed by atoms with E-state index in [4.69, 9.17) is 4.74 Å². The predicted octanol–water partition coefficient (Wildman–Crippen LogP) is 3.62. The van der Waals surface area contributed by atoms with E-state index in [1.54, 1.807) is 0 Å². The standard InChI is InChI=1S/C9H7BrF4O/c10-3-4-15-8-2-1-6(11)5-7(8)9(12,13)14/h1-2,5H,3-4H2. The minimum absolute atomic E-state index is 0.0920. The average Bonchev–Trinajstić information content (AvgIpc) is 2.14. The van der Waals surface area contributed by atoms with Crippen molar-refractivity contribution in [3.63, 3.8) is 0 Å². The zero-order chi connectivity index (χ0) is 11.5. The zero-order valence-electron chi connectivity index (χ0n) is 7.44. The van der Waals surface area contributed by atoms with Gasteiger partial charge >= 0.3 is 6.18 Å². The average molecular weight is 287 g/mol. The molecule has 0 saturated heterocycles. The number of rotatable bonds is 3. The fourth-order valence-corrected chi connectivity index (χ4v) is 1.16. The summed E-state index contributed by atoms with van der Waals surface area (Å²) in [4.78, 5) is 0. The summed E-state index contributed by atoms with van der Waals surface area (Å²) in [7, 11) is 0. The summed E-state index contributed by atoms with van der Waals surface area (Å²) < 4.78 is 54.7. The van der Waals surface area contributed by atoms with Gasteiger partial charge in [0.2, 0.25) is 0 Å². The van der Waals surface area contributed by atoms with Gasteiger partial charge in [0.15, 0.2) is 0 Å². The van der Waals surface area contributed by atoms with Gasteiger partial charge in [-0.15, -0.1) is 0 Å². The third kappa shape index (κ3) is 3.37. The van der Waals surface area contributed by atoms with Crippen molar-refractivity contribution in [1.82, 2.24) is 0 Å². The van der Waals surface area contributed by atoms with Crippen LogP contribution >= 0.6 is 15.9 Å². The molecule has 1 rings (SSSR count). The lowest BCUT2D eigenvalue weighted by molar-refractivity contribution is -0.139. The van der Waals surface area contributed by atoms with E-state index in [0.717, 1.165) is 12.1 Å². The predicted molar refractivity (Wildman–Crippen MR) is 50.7 cm³/mol. The van der Waals surface area contributed by atoms with E-state index >= 15 is 0 Å². The smallest absolute Gasteiger partial charge is 0.420 e. The molecule has 6 heteroatoms. The molecule has 0 N–H and O–H groups in total. The van der Waals surface area contributed by atoms with Crippen LogP contribution in [0.2, 0.25) is 0 Å². The Morgan fingerprint density at radius 3 is 2.47 bits per heavy atom. The molecule has 0 bridgehead atoms. The molecule has 1 nitrogen and oxygen atoms in total. The van der Waals surface area contributed by atoms with Gasteiger partial charge < -0.3 is 4.74 Å². The van der Waals surface area contributed by atoms with E-state index in [-0.39, 0.29) is 12.4 Å². The van der Waals surface area contributed by atoms with Crippen molar-refractivity contribution in [1.29, 1.82) is 0 Å².